The molecule has 21 heavy (non-hydrogen) atoms. The highest BCUT2D eigenvalue weighted by atomic mass is 32.2. The Morgan fingerprint density at radius 1 is 1.48 bits per heavy atom. The number of primary sulfonamides is 1. The standard InChI is InChI=1S/C13H22N4O3S/c1-4-7-13(2,3)15-12(18)10-11(21(14,19)20)9(16-17-10)8-5-6-8/h8H,4-7H2,1-3H3,(H,15,18)(H,16,17)(H2,14,19,20). The Balaban J connectivity index is 2.34. The number of aromatic nitrogens is 2. The molecule has 0 aromatic carbocycles. The minimum absolute atomic E-state index is 0.107. The number of nitrogens with one attached hydrogen (secondary N) is 2. The number of sulfonamides is 1. The zero-order valence-electron chi connectivity index (χ0n) is 12.6. The Labute approximate surface area is 124 Å². The topological polar surface area (TPSA) is 118 Å². The molecule has 0 aliphatic heterocycles. The fourth-order valence-electron chi connectivity index (χ4n) is 2.49. The van der Waals surface area contributed by atoms with Gasteiger partial charge in [0.15, 0.2) is 5.69 Å². The van der Waals surface area contributed by atoms with Crippen molar-refractivity contribution in [1.82, 2.24) is 15.5 Å². The van der Waals surface area contributed by atoms with Gasteiger partial charge in [-0.15, -0.1) is 0 Å². The molecule has 0 unspecified atom stereocenters. The number of amides is 1. The molecule has 0 atom stereocenters. The highest BCUT2D eigenvalue weighted by Crippen LogP contribution is 2.42. The normalized spacial score (nSPS) is 16.0. The largest absolute Gasteiger partial charge is 0.346 e. The van der Waals surface area contributed by atoms with Gasteiger partial charge in [-0.3, -0.25) is 9.89 Å². The van der Waals surface area contributed by atoms with Gasteiger partial charge in [0.1, 0.15) is 4.90 Å². The van der Waals surface area contributed by atoms with Crippen LogP contribution in [0.4, 0.5) is 0 Å². The van der Waals surface area contributed by atoms with Crippen molar-refractivity contribution in [2.75, 3.05) is 0 Å². The van der Waals surface area contributed by atoms with Gasteiger partial charge in [-0.2, -0.15) is 5.10 Å². The third-order valence-corrected chi connectivity index (χ3v) is 4.54. The van der Waals surface area contributed by atoms with Crippen molar-refractivity contribution in [2.24, 2.45) is 5.14 Å². The number of nitrogens with two attached hydrogens (primary N) is 1. The predicted molar refractivity (Wildman–Crippen MR) is 78.4 cm³/mol. The van der Waals surface area contributed by atoms with Crippen LogP contribution >= 0.6 is 0 Å². The average molecular weight is 314 g/mol. The molecule has 0 bridgehead atoms. The monoisotopic (exact) mass is 314 g/mol. The van der Waals surface area contributed by atoms with E-state index in [0.29, 0.717) is 5.69 Å². The van der Waals surface area contributed by atoms with Crippen molar-refractivity contribution < 1.29 is 13.2 Å². The van der Waals surface area contributed by atoms with Crippen molar-refractivity contribution in [2.45, 2.75) is 62.8 Å². The predicted octanol–water partition coefficient (Wildman–Crippen LogP) is 1.24. The summed E-state index contributed by atoms with van der Waals surface area (Å²) in [5, 5.41) is 14.6. The zero-order chi connectivity index (χ0) is 15.8. The van der Waals surface area contributed by atoms with Gasteiger partial charge in [0, 0.05) is 11.5 Å². The van der Waals surface area contributed by atoms with Crippen LogP contribution in [0.25, 0.3) is 0 Å². The molecule has 1 aliphatic rings. The van der Waals surface area contributed by atoms with Gasteiger partial charge in [-0.1, -0.05) is 13.3 Å². The summed E-state index contributed by atoms with van der Waals surface area (Å²) in [6.45, 7) is 5.79. The van der Waals surface area contributed by atoms with Crippen LogP contribution in [0, 0.1) is 0 Å². The Morgan fingerprint density at radius 2 is 2.10 bits per heavy atom. The first-order chi connectivity index (χ1) is 9.65. The number of hydrogen-bond donors (Lipinski definition) is 3. The van der Waals surface area contributed by atoms with E-state index >= 15 is 0 Å². The Kier molecular flexibility index (Phi) is 4.12. The van der Waals surface area contributed by atoms with Gasteiger partial charge < -0.3 is 5.32 Å². The molecular weight excluding hydrogens is 292 g/mol. The van der Waals surface area contributed by atoms with Crippen LogP contribution in [0.15, 0.2) is 4.90 Å². The first kappa shape index (κ1) is 16.0. The summed E-state index contributed by atoms with van der Waals surface area (Å²) in [4.78, 5) is 12.2. The second kappa shape index (κ2) is 5.42. The van der Waals surface area contributed by atoms with E-state index in [1.165, 1.54) is 0 Å². The molecule has 118 valence electrons. The smallest absolute Gasteiger partial charge is 0.273 e. The molecule has 1 saturated carbocycles. The van der Waals surface area contributed by atoms with Crippen LogP contribution < -0.4 is 10.5 Å². The maximum Gasteiger partial charge on any atom is 0.273 e. The third-order valence-electron chi connectivity index (χ3n) is 3.56. The molecule has 0 spiro atoms. The molecular formula is C13H22N4O3S. The number of H-pyrrole nitrogens is 1. The second-order valence-electron chi connectivity index (χ2n) is 6.22. The first-order valence-electron chi connectivity index (χ1n) is 7.09. The minimum atomic E-state index is -3.99. The Hall–Kier alpha value is -1.41. The zero-order valence-corrected chi connectivity index (χ0v) is 13.4. The van der Waals surface area contributed by atoms with E-state index in [1.54, 1.807) is 0 Å². The number of aromatic amines is 1. The average Bonchev–Trinajstić information content (AvgIpc) is 3.05. The van der Waals surface area contributed by atoms with Gasteiger partial charge in [0.2, 0.25) is 10.0 Å². The van der Waals surface area contributed by atoms with Crippen LogP contribution in [-0.4, -0.2) is 30.1 Å². The summed E-state index contributed by atoms with van der Waals surface area (Å²) in [5.74, 6) is -0.406. The lowest BCUT2D eigenvalue weighted by molar-refractivity contribution is 0.0900. The van der Waals surface area contributed by atoms with Crippen molar-refractivity contribution in [3.8, 4) is 0 Å². The van der Waals surface area contributed by atoms with Gasteiger partial charge >= 0.3 is 0 Å². The maximum atomic E-state index is 12.3. The molecule has 0 radical (unpaired) electrons. The van der Waals surface area contributed by atoms with E-state index in [9.17, 15) is 13.2 Å². The fraction of sp³-hybridized carbons (Fsp3) is 0.692. The highest BCUT2D eigenvalue weighted by Gasteiger charge is 2.36. The molecule has 8 heteroatoms. The van der Waals surface area contributed by atoms with Crippen molar-refractivity contribution in [3.63, 3.8) is 0 Å². The van der Waals surface area contributed by atoms with E-state index < -0.39 is 21.5 Å². The van der Waals surface area contributed by atoms with Gasteiger partial charge in [0.05, 0.1) is 5.69 Å². The summed E-state index contributed by atoms with van der Waals surface area (Å²) < 4.78 is 23.6. The lowest BCUT2D eigenvalue weighted by Gasteiger charge is -2.25. The molecule has 4 N–H and O–H groups in total. The molecule has 1 aromatic rings. The molecule has 2 rings (SSSR count). The highest BCUT2D eigenvalue weighted by molar-refractivity contribution is 7.89. The second-order valence-corrected chi connectivity index (χ2v) is 7.72. The van der Waals surface area contributed by atoms with Gasteiger partial charge in [-0.05, 0) is 33.1 Å². The van der Waals surface area contributed by atoms with E-state index in [0.717, 1.165) is 25.7 Å². The van der Waals surface area contributed by atoms with Crippen molar-refractivity contribution in [1.29, 1.82) is 0 Å². The summed E-state index contributed by atoms with van der Waals surface area (Å²) >= 11 is 0. The number of nitrogens with zero attached hydrogens (tertiary/aromatic N) is 1. The molecule has 1 aromatic heterocycles. The van der Waals surface area contributed by atoms with Crippen molar-refractivity contribution >= 4 is 15.9 Å². The number of carbonyl (C=O) groups excluding carboxylic acids is 1. The van der Waals surface area contributed by atoms with Crippen LogP contribution in [0.5, 0.6) is 0 Å². The minimum Gasteiger partial charge on any atom is -0.346 e. The van der Waals surface area contributed by atoms with Crippen LogP contribution in [0.3, 0.4) is 0 Å². The lowest BCUT2D eigenvalue weighted by atomic mass is 9.99. The summed E-state index contributed by atoms with van der Waals surface area (Å²) in [6.07, 6.45) is 3.45. The lowest BCUT2D eigenvalue weighted by Crippen LogP contribution is -2.43. The van der Waals surface area contributed by atoms with E-state index in [1.807, 2.05) is 20.8 Å². The van der Waals surface area contributed by atoms with Crippen LogP contribution in [0.1, 0.15) is 68.6 Å². The molecule has 1 aliphatic carbocycles. The Bertz CT molecular complexity index is 644. The molecule has 1 fully saturated rings. The Morgan fingerprint density at radius 3 is 2.57 bits per heavy atom. The van der Waals surface area contributed by atoms with E-state index in [4.69, 9.17) is 5.14 Å². The molecule has 1 amide bonds. The first-order valence-corrected chi connectivity index (χ1v) is 8.64. The SMILES string of the molecule is CCCC(C)(C)NC(=O)c1n[nH]c(C2CC2)c1S(N)(=O)=O. The molecule has 0 saturated heterocycles. The number of hydrogen-bond acceptors (Lipinski definition) is 4. The van der Waals surface area contributed by atoms with Crippen molar-refractivity contribution in [3.05, 3.63) is 11.4 Å². The summed E-state index contributed by atoms with van der Waals surface area (Å²) in [6, 6.07) is 0. The summed E-state index contributed by atoms with van der Waals surface area (Å²) in [5.41, 5.74) is -0.111. The van der Waals surface area contributed by atoms with Gasteiger partial charge in [0.25, 0.3) is 5.91 Å². The molecule has 1 heterocycles. The molecule has 7 nitrogen and oxygen atoms in total. The van der Waals surface area contributed by atoms with E-state index in [-0.39, 0.29) is 16.5 Å². The van der Waals surface area contributed by atoms with Crippen LogP contribution in [-0.2, 0) is 10.0 Å². The van der Waals surface area contributed by atoms with Crippen LogP contribution in [0.2, 0.25) is 0 Å². The quantitative estimate of drug-likeness (QED) is 0.732. The number of carbonyl (C=O) groups is 1. The van der Waals surface area contributed by atoms with E-state index in [2.05, 4.69) is 15.5 Å². The fourth-order valence-corrected chi connectivity index (χ4v) is 3.42. The third kappa shape index (κ3) is 3.62. The van der Waals surface area contributed by atoms with Gasteiger partial charge in [-0.25, -0.2) is 13.6 Å². The number of rotatable bonds is 6. The maximum absolute atomic E-state index is 12.3. The summed E-state index contributed by atoms with van der Waals surface area (Å²) in [7, 11) is -3.99.